The minimum atomic E-state index is -3.22. The van der Waals surface area contributed by atoms with Gasteiger partial charge in [0.2, 0.25) is 11.9 Å². The molecule has 1 aliphatic rings. The number of nitrogens with two attached hydrogens (primary N) is 1. The molecule has 3 heterocycles. The molecular weight excluding hydrogens is 538 g/mol. The Morgan fingerprint density at radius 3 is 2.54 bits per heavy atom. The molecule has 1 fully saturated rings. The zero-order valence-electron chi connectivity index (χ0n) is 21.5. The number of primary amides is 1. The van der Waals surface area contributed by atoms with Gasteiger partial charge in [0.15, 0.2) is 9.84 Å². The van der Waals surface area contributed by atoms with E-state index in [0.717, 1.165) is 37.2 Å². The number of aromatic nitrogens is 3. The lowest BCUT2D eigenvalue weighted by Gasteiger charge is -2.31. The first-order valence-electron chi connectivity index (χ1n) is 12.6. The van der Waals surface area contributed by atoms with Gasteiger partial charge in [-0.1, -0.05) is 41.9 Å². The van der Waals surface area contributed by atoms with Gasteiger partial charge in [-0.25, -0.2) is 17.9 Å². The van der Waals surface area contributed by atoms with Gasteiger partial charge in [-0.05, 0) is 61.7 Å². The van der Waals surface area contributed by atoms with Gasteiger partial charge >= 0.3 is 0 Å². The Morgan fingerprint density at radius 2 is 1.85 bits per heavy atom. The van der Waals surface area contributed by atoms with Crippen LogP contribution in [0.4, 0.5) is 17.3 Å². The van der Waals surface area contributed by atoms with Crippen molar-refractivity contribution in [3.05, 3.63) is 71.4 Å². The predicted molar refractivity (Wildman–Crippen MR) is 154 cm³/mol. The topological polar surface area (TPSA) is 135 Å². The summed E-state index contributed by atoms with van der Waals surface area (Å²) in [6.07, 6.45) is 4.80. The number of likely N-dealkylation sites (tertiary alicyclic amines) is 1. The van der Waals surface area contributed by atoms with Gasteiger partial charge in [0.1, 0.15) is 11.4 Å². The minimum absolute atomic E-state index is 0.189. The molecule has 0 aliphatic carbocycles. The number of nitrogens with one attached hydrogen (secondary N) is 2. The molecule has 10 nitrogen and oxygen atoms in total. The maximum atomic E-state index is 11.7. The number of carbonyl (C=O) groups excluding carboxylic acids is 1. The number of hydrogen-bond donors (Lipinski definition) is 3. The number of hydrogen-bond acceptors (Lipinski definition) is 8. The average Bonchev–Trinajstić information content (AvgIpc) is 3.23. The maximum absolute atomic E-state index is 11.7. The van der Waals surface area contributed by atoms with E-state index in [1.165, 1.54) is 11.8 Å². The third-order valence-electron chi connectivity index (χ3n) is 6.80. The monoisotopic (exact) mass is 567 g/mol. The molecule has 0 unspecified atom stereocenters. The lowest BCUT2D eigenvalue weighted by atomic mass is 9.89. The van der Waals surface area contributed by atoms with Crippen molar-refractivity contribution in [3.63, 3.8) is 0 Å². The number of halogens is 1. The van der Waals surface area contributed by atoms with Crippen LogP contribution in [0.25, 0.3) is 16.8 Å². The number of carbonyl (C=O) groups is 1. The number of amides is 1. The second kappa shape index (κ2) is 11.2. The third kappa shape index (κ3) is 6.49. The number of para-hydroxylation sites is 1. The standard InChI is InChI=1S/C27H30ClN7O3S/c1-39(37,38)17-31-23-5-3-2-4-21(23)24-14-22(28)25-15-30-27(33-35(24)25)32-20-8-6-18(7-9-20)19-10-12-34(13-11-19)16-26(29)36/h2-9,14-15,19,31H,10-13,16-17H2,1H3,(H2,29,36)(H,32,33). The lowest BCUT2D eigenvalue weighted by molar-refractivity contribution is -0.119. The van der Waals surface area contributed by atoms with Gasteiger partial charge in [-0.15, -0.1) is 5.10 Å². The van der Waals surface area contributed by atoms with Gasteiger partial charge in [0.05, 0.1) is 23.5 Å². The van der Waals surface area contributed by atoms with Crippen molar-refractivity contribution < 1.29 is 13.2 Å². The molecule has 39 heavy (non-hydrogen) atoms. The van der Waals surface area contributed by atoms with Crippen LogP contribution in [-0.2, 0) is 14.6 Å². The number of fused-ring (bicyclic) bond motifs is 1. The number of anilines is 3. The van der Waals surface area contributed by atoms with Crippen LogP contribution in [0, 0.1) is 0 Å². The molecule has 0 bridgehead atoms. The van der Waals surface area contributed by atoms with Gasteiger partial charge in [-0.2, -0.15) is 0 Å². The van der Waals surface area contributed by atoms with E-state index < -0.39 is 9.84 Å². The SMILES string of the molecule is CS(=O)(=O)CNc1ccccc1-c1cc(Cl)c2cnc(Nc3ccc(C4CCN(CC(N)=O)CC4)cc3)nn12. The van der Waals surface area contributed by atoms with Crippen molar-refractivity contribution in [2.24, 2.45) is 5.73 Å². The van der Waals surface area contributed by atoms with Gasteiger partial charge in [0.25, 0.3) is 0 Å². The van der Waals surface area contributed by atoms with E-state index in [-0.39, 0.29) is 11.8 Å². The Balaban J connectivity index is 1.34. The summed E-state index contributed by atoms with van der Waals surface area (Å²) in [6, 6.07) is 17.4. The highest BCUT2D eigenvalue weighted by Crippen LogP contribution is 2.34. The molecule has 12 heteroatoms. The van der Waals surface area contributed by atoms with Crippen LogP contribution < -0.4 is 16.4 Å². The molecule has 4 aromatic rings. The van der Waals surface area contributed by atoms with E-state index >= 15 is 0 Å². The summed E-state index contributed by atoms with van der Waals surface area (Å²) >= 11 is 6.50. The summed E-state index contributed by atoms with van der Waals surface area (Å²) in [5.41, 5.74) is 10.2. The fourth-order valence-corrected chi connectivity index (χ4v) is 5.53. The van der Waals surface area contributed by atoms with Crippen molar-refractivity contribution in [1.29, 1.82) is 0 Å². The number of benzene rings is 2. The van der Waals surface area contributed by atoms with Crippen molar-refractivity contribution in [2.75, 3.05) is 42.4 Å². The molecule has 2 aromatic carbocycles. The fraction of sp³-hybridized carbons (Fsp3) is 0.296. The maximum Gasteiger partial charge on any atom is 0.245 e. The van der Waals surface area contributed by atoms with Crippen LogP contribution in [0.2, 0.25) is 5.02 Å². The summed E-state index contributed by atoms with van der Waals surface area (Å²) in [4.78, 5) is 17.7. The van der Waals surface area contributed by atoms with Crippen LogP contribution in [-0.4, -0.2) is 65.6 Å². The molecule has 0 radical (unpaired) electrons. The summed E-state index contributed by atoms with van der Waals surface area (Å²) in [5, 5.41) is 11.4. The summed E-state index contributed by atoms with van der Waals surface area (Å²) in [5.74, 6) is 0.360. The molecule has 1 aliphatic heterocycles. The number of piperidine rings is 1. The Labute approximate surface area is 232 Å². The molecule has 2 aromatic heterocycles. The van der Waals surface area contributed by atoms with Crippen LogP contribution in [0.5, 0.6) is 0 Å². The number of nitrogens with zero attached hydrogens (tertiary/aromatic N) is 4. The molecule has 5 rings (SSSR count). The second-order valence-corrected chi connectivity index (χ2v) is 12.4. The first-order valence-corrected chi connectivity index (χ1v) is 15.0. The van der Waals surface area contributed by atoms with Crippen molar-refractivity contribution in [1.82, 2.24) is 19.5 Å². The smallest absolute Gasteiger partial charge is 0.245 e. The molecule has 0 spiro atoms. The average molecular weight is 568 g/mol. The van der Waals surface area contributed by atoms with Crippen LogP contribution >= 0.6 is 11.6 Å². The molecule has 1 amide bonds. The fourth-order valence-electron chi connectivity index (χ4n) is 4.88. The zero-order valence-corrected chi connectivity index (χ0v) is 23.0. The van der Waals surface area contributed by atoms with E-state index in [0.29, 0.717) is 40.3 Å². The van der Waals surface area contributed by atoms with Crippen LogP contribution in [0.1, 0.15) is 24.3 Å². The second-order valence-electron chi connectivity index (χ2n) is 9.81. The molecule has 4 N–H and O–H groups in total. The Bertz CT molecular complexity index is 1600. The van der Waals surface area contributed by atoms with Crippen LogP contribution in [0.15, 0.2) is 60.8 Å². The van der Waals surface area contributed by atoms with Crippen molar-refractivity contribution >= 4 is 50.2 Å². The Morgan fingerprint density at radius 1 is 1.13 bits per heavy atom. The molecule has 1 saturated heterocycles. The quantitative estimate of drug-likeness (QED) is 0.277. The summed E-state index contributed by atoms with van der Waals surface area (Å²) in [7, 11) is -3.22. The van der Waals surface area contributed by atoms with Gasteiger partial charge < -0.3 is 16.4 Å². The summed E-state index contributed by atoms with van der Waals surface area (Å²) < 4.78 is 25.1. The Hall–Kier alpha value is -3.67. The zero-order chi connectivity index (χ0) is 27.6. The van der Waals surface area contributed by atoms with E-state index in [2.05, 4.69) is 37.7 Å². The van der Waals surface area contributed by atoms with Crippen molar-refractivity contribution in [3.8, 4) is 11.3 Å². The molecule has 0 saturated carbocycles. The third-order valence-corrected chi connectivity index (χ3v) is 7.77. The largest absolute Gasteiger partial charge is 0.371 e. The van der Waals surface area contributed by atoms with E-state index in [1.807, 2.05) is 36.4 Å². The number of rotatable bonds is 9. The first kappa shape index (κ1) is 26.9. The first-order chi connectivity index (χ1) is 18.7. The predicted octanol–water partition coefficient (Wildman–Crippen LogP) is 3.87. The highest BCUT2D eigenvalue weighted by atomic mass is 35.5. The highest BCUT2D eigenvalue weighted by Gasteiger charge is 2.21. The van der Waals surface area contributed by atoms with Gasteiger partial charge in [0, 0.05) is 23.2 Å². The molecule has 204 valence electrons. The Kier molecular flexibility index (Phi) is 7.74. The lowest BCUT2D eigenvalue weighted by Crippen LogP contribution is -2.39. The molecular formula is C27H30ClN7O3S. The summed E-state index contributed by atoms with van der Waals surface area (Å²) in [6.45, 7) is 2.03. The number of sulfone groups is 1. The normalized spacial score (nSPS) is 14.9. The highest BCUT2D eigenvalue weighted by molar-refractivity contribution is 7.90. The van der Waals surface area contributed by atoms with Crippen molar-refractivity contribution in [2.45, 2.75) is 18.8 Å². The van der Waals surface area contributed by atoms with E-state index in [4.69, 9.17) is 17.3 Å². The van der Waals surface area contributed by atoms with Gasteiger partial charge in [-0.3, -0.25) is 9.69 Å². The van der Waals surface area contributed by atoms with E-state index in [9.17, 15) is 13.2 Å². The van der Waals surface area contributed by atoms with Crippen LogP contribution in [0.3, 0.4) is 0 Å². The minimum Gasteiger partial charge on any atom is -0.371 e. The molecule has 0 atom stereocenters. The van der Waals surface area contributed by atoms with E-state index in [1.54, 1.807) is 16.8 Å².